The number of quaternary nitrogens is 2. The van der Waals surface area contributed by atoms with Crippen LogP contribution in [0.4, 0.5) is 0 Å². The summed E-state index contributed by atoms with van der Waals surface area (Å²) >= 11 is 0. The van der Waals surface area contributed by atoms with Crippen LogP contribution in [0.1, 0.15) is 27.8 Å². The van der Waals surface area contributed by atoms with Gasteiger partial charge in [0.1, 0.15) is 44.9 Å². The first-order valence-electron chi connectivity index (χ1n) is 10.2. The van der Waals surface area contributed by atoms with Gasteiger partial charge in [0.25, 0.3) is 0 Å². The molecule has 146 valence electrons. The van der Waals surface area contributed by atoms with Crippen LogP contribution in [0.3, 0.4) is 0 Å². The number of benzene rings is 2. The highest BCUT2D eigenvalue weighted by atomic mass is 16.4. The third kappa shape index (κ3) is 4.18. The summed E-state index contributed by atoms with van der Waals surface area (Å²) in [5.74, 6) is 0. The lowest BCUT2D eigenvalue weighted by Crippen LogP contribution is -3.27. The van der Waals surface area contributed by atoms with Crippen molar-refractivity contribution in [1.29, 1.82) is 0 Å². The molecular formula is C24H30N2O2+2. The predicted molar refractivity (Wildman–Crippen MR) is 112 cm³/mol. The molecule has 2 N–H and O–H groups in total. The van der Waals surface area contributed by atoms with E-state index in [-0.39, 0.29) is 5.63 Å². The summed E-state index contributed by atoms with van der Waals surface area (Å²) in [7, 11) is 0. The molecule has 4 heteroatoms. The minimum Gasteiger partial charge on any atom is -0.423 e. The van der Waals surface area contributed by atoms with Crippen LogP contribution in [-0.4, -0.2) is 26.2 Å². The van der Waals surface area contributed by atoms with E-state index >= 15 is 0 Å². The first-order valence-corrected chi connectivity index (χ1v) is 10.2. The Hall–Kier alpha value is -2.43. The smallest absolute Gasteiger partial charge is 0.336 e. The van der Waals surface area contributed by atoms with Crippen LogP contribution in [0, 0.1) is 20.8 Å². The standard InChI is InChI=1S/C24H28N2O2/c1-17-5-4-6-20(11-17)15-25-7-9-26(10-8-25)16-21-14-24(27)28-23-13-19(3)18(2)12-22(21)23/h4-6,11-14H,7-10,15-16H2,1-3H3/p+2. The highest BCUT2D eigenvalue weighted by molar-refractivity contribution is 5.81. The van der Waals surface area contributed by atoms with Crippen LogP contribution in [0.2, 0.25) is 0 Å². The normalized spacial score (nSPS) is 19.8. The van der Waals surface area contributed by atoms with Crippen molar-refractivity contribution < 1.29 is 14.2 Å². The van der Waals surface area contributed by atoms with E-state index < -0.39 is 0 Å². The summed E-state index contributed by atoms with van der Waals surface area (Å²) < 4.78 is 5.45. The monoisotopic (exact) mass is 378 g/mol. The van der Waals surface area contributed by atoms with Crippen molar-refractivity contribution in [2.75, 3.05) is 26.2 Å². The van der Waals surface area contributed by atoms with Gasteiger partial charge in [0, 0.05) is 22.6 Å². The minimum atomic E-state index is -0.242. The molecule has 28 heavy (non-hydrogen) atoms. The fraction of sp³-hybridized carbons (Fsp3) is 0.375. The number of piperazine rings is 1. The highest BCUT2D eigenvalue weighted by Crippen LogP contribution is 2.21. The van der Waals surface area contributed by atoms with Gasteiger partial charge in [-0.25, -0.2) is 4.79 Å². The summed E-state index contributed by atoms with van der Waals surface area (Å²) in [6, 6.07) is 14.7. The molecule has 1 aliphatic heterocycles. The average Bonchev–Trinajstić information content (AvgIpc) is 2.65. The van der Waals surface area contributed by atoms with E-state index in [4.69, 9.17) is 4.42 Å². The van der Waals surface area contributed by atoms with Gasteiger partial charge in [-0.15, -0.1) is 0 Å². The fourth-order valence-corrected chi connectivity index (χ4v) is 4.32. The molecule has 0 atom stereocenters. The average molecular weight is 379 g/mol. The molecule has 2 aromatic carbocycles. The predicted octanol–water partition coefficient (Wildman–Crippen LogP) is 1.20. The van der Waals surface area contributed by atoms with Crippen LogP contribution < -0.4 is 15.4 Å². The molecule has 0 spiro atoms. The van der Waals surface area contributed by atoms with Crippen molar-refractivity contribution in [2.45, 2.75) is 33.9 Å². The third-order valence-electron chi connectivity index (χ3n) is 6.09. The number of rotatable bonds is 4. The Labute approximate surface area is 166 Å². The number of hydrogen-bond donors (Lipinski definition) is 2. The molecule has 1 aliphatic rings. The molecule has 1 fully saturated rings. The Balaban J connectivity index is 1.45. The molecular weight excluding hydrogens is 348 g/mol. The number of nitrogens with one attached hydrogen (secondary N) is 2. The second-order valence-corrected chi connectivity index (χ2v) is 8.37. The Kier molecular flexibility index (Phi) is 5.33. The lowest BCUT2D eigenvalue weighted by molar-refractivity contribution is -1.02. The largest absolute Gasteiger partial charge is 0.423 e. The van der Waals surface area contributed by atoms with Gasteiger partial charge in [-0.2, -0.15) is 0 Å². The Bertz CT molecular complexity index is 1050. The fourth-order valence-electron chi connectivity index (χ4n) is 4.32. The number of hydrogen-bond acceptors (Lipinski definition) is 2. The molecule has 2 heterocycles. The van der Waals surface area contributed by atoms with Gasteiger partial charge in [0.2, 0.25) is 0 Å². The summed E-state index contributed by atoms with van der Waals surface area (Å²) in [4.78, 5) is 15.2. The van der Waals surface area contributed by atoms with Crippen LogP contribution in [0.15, 0.2) is 51.7 Å². The molecule has 1 aromatic heterocycles. The molecule has 4 rings (SSSR count). The lowest BCUT2D eigenvalue weighted by atomic mass is 10.0. The molecule has 4 nitrogen and oxygen atoms in total. The maximum absolute atomic E-state index is 12.0. The van der Waals surface area contributed by atoms with E-state index in [1.807, 2.05) is 6.07 Å². The lowest BCUT2D eigenvalue weighted by Gasteiger charge is -2.30. The highest BCUT2D eigenvalue weighted by Gasteiger charge is 2.24. The van der Waals surface area contributed by atoms with E-state index in [1.165, 1.54) is 29.8 Å². The first-order chi connectivity index (χ1) is 13.5. The molecule has 0 unspecified atom stereocenters. The van der Waals surface area contributed by atoms with Crippen molar-refractivity contribution in [3.63, 3.8) is 0 Å². The Morgan fingerprint density at radius 3 is 2.25 bits per heavy atom. The Morgan fingerprint density at radius 2 is 1.54 bits per heavy atom. The van der Waals surface area contributed by atoms with Crippen molar-refractivity contribution in [3.8, 4) is 0 Å². The third-order valence-corrected chi connectivity index (χ3v) is 6.09. The zero-order chi connectivity index (χ0) is 19.7. The van der Waals surface area contributed by atoms with Gasteiger partial charge >= 0.3 is 5.63 Å². The van der Waals surface area contributed by atoms with E-state index in [2.05, 4.69) is 51.1 Å². The van der Waals surface area contributed by atoms with E-state index in [0.29, 0.717) is 5.58 Å². The van der Waals surface area contributed by atoms with Crippen LogP contribution in [0.5, 0.6) is 0 Å². The maximum Gasteiger partial charge on any atom is 0.336 e. The van der Waals surface area contributed by atoms with Gasteiger partial charge in [-0.3, -0.25) is 0 Å². The molecule has 1 saturated heterocycles. The molecule has 0 aliphatic carbocycles. The summed E-state index contributed by atoms with van der Waals surface area (Å²) in [6.07, 6.45) is 0. The summed E-state index contributed by atoms with van der Waals surface area (Å²) in [5.41, 5.74) is 6.75. The van der Waals surface area contributed by atoms with Crippen molar-refractivity contribution in [1.82, 2.24) is 0 Å². The van der Waals surface area contributed by atoms with E-state index in [0.717, 1.165) is 42.7 Å². The van der Waals surface area contributed by atoms with E-state index in [1.54, 1.807) is 15.9 Å². The van der Waals surface area contributed by atoms with Crippen molar-refractivity contribution in [2.24, 2.45) is 0 Å². The molecule has 0 saturated carbocycles. The van der Waals surface area contributed by atoms with Gasteiger partial charge < -0.3 is 14.2 Å². The SMILES string of the molecule is Cc1cccc(C[NH+]2CC[NH+](Cc3cc(=O)oc4cc(C)c(C)cc34)CC2)c1. The molecule has 3 aromatic rings. The second-order valence-electron chi connectivity index (χ2n) is 8.37. The zero-order valence-corrected chi connectivity index (χ0v) is 17.1. The second kappa shape index (κ2) is 7.90. The molecule has 0 radical (unpaired) electrons. The van der Waals surface area contributed by atoms with Crippen molar-refractivity contribution in [3.05, 3.63) is 80.7 Å². The molecule has 0 bridgehead atoms. The first kappa shape index (κ1) is 18.9. The van der Waals surface area contributed by atoms with Gasteiger partial charge in [-0.1, -0.05) is 29.8 Å². The van der Waals surface area contributed by atoms with Gasteiger partial charge in [0.05, 0.1) is 0 Å². The van der Waals surface area contributed by atoms with Gasteiger partial charge in [0.15, 0.2) is 0 Å². The number of aryl methyl sites for hydroxylation is 3. The summed E-state index contributed by atoms with van der Waals surface area (Å²) in [5, 5.41) is 1.09. The van der Waals surface area contributed by atoms with E-state index in [9.17, 15) is 4.79 Å². The van der Waals surface area contributed by atoms with Crippen LogP contribution in [0.25, 0.3) is 11.0 Å². The van der Waals surface area contributed by atoms with Gasteiger partial charge in [-0.05, 0) is 44.0 Å². The Morgan fingerprint density at radius 1 is 0.857 bits per heavy atom. The summed E-state index contributed by atoms with van der Waals surface area (Å²) in [6.45, 7) is 12.9. The van der Waals surface area contributed by atoms with Crippen LogP contribution in [-0.2, 0) is 13.1 Å². The minimum absolute atomic E-state index is 0.242. The maximum atomic E-state index is 12.0. The zero-order valence-electron chi connectivity index (χ0n) is 17.1. The topological polar surface area (TPSA) is 39.1 Å². The van der Waals surface area contributed by atoms with Crippen molar-refractivity contribution >= 4 is 11.0 Å². The van der Waals surface area contributed by atoms with Crippen LogP contribution >= 0.6 is 0 Å². The quantitative estimate of drug-likeness (QED) is 0.670. The molecule has 0 amide bonds. The number of fused-ring (bicyclic) bond motifs is 1.